The molecule has 0 fully saturated rings. The lowest BCUT2D eigenvalue weighted by Gasteiger charge is -2.10. The highest BCUT2D eigenvalue weighted by Gasteiger charge is 2.12. The van der Waals surface area contributed by atoms with Crippen molar-refractivity contribution in [2.45, 2.75) is 13.8 Å². The van der Waals surface area contributed by atoms with Gasteiger partial charge >= 0.3 is 5.97 Å². The van der Waals surface area contributed by atoms with E-state index in [1.807, 2.05) is 6.07 Å². The highest BCUT2D eigenvalue weighted by molar-refractivity contribution is 5.94. The highest BCUT2D eigenvalue weighted by Crippen LogP contribution is 2.27. The molecule has 1 heterocycles. The average molecular weight is 349 g/mol. The standard InChI is InChI=1S/C20H19N3O3/c1-12(2)11-26-18-7-5-13(8-15(18)10-21)19-22-16-6-4-14(20(24)25-3)9-17(16)23-19/h4-9,12H,11H2,1-3H3,(H,22,23). The summed E-state index contributed by atoms with van der Waals surface area (Å²) in [6.07, 6.45) is 0. The number of benzene rings is 2. The van der Waals surface area contributed by atoms with Gasteiger partial charge in [0.1, 0.15) is 17.6 Å². The Morgan fingerprint density at radius 3 is 2.77 bits per heavy atom. The lowest BCUT2D eigenvalue weighted by Crippen LogP contribution is -2.05. The van der Waals surface area contributed by atoms with E-state index in [4.69, 9.17) is 9.47 Å². The zero-order valence-corrected chi connectivity index (χ0v) is 14.9. The van der Waals surface area contributed by atoms with Crippen LogP contribution in [0.25, 0.3) is 22.4 Å². The topological polar surface area (TPSA) is 88.0 Å². The first-order chi connectivity index (χ1) is 12.5. The van der Waals surface area contributed by atoms with Crippen LogP contribution in [0.2, 0.25) is 0 Å². The summed E-state index contributed by atoms with van der Waals surface area (Å²) in [4.78, 5) is 19.4. The molecule has 0 saturated heterocycles. The molecule has 3 aromatic rings. The fourth-order valence-electron chi connectivity index (χ4n) is 2.54. The fourth-order valence-corrected chi connectivity index (χ4v) is 2.54. The number of hydrogen-bond donors (Lipinski definition) is 1. The molecule has 0 radical (unpaired) electrons. The first-order valence-corrected chi connectivity index (χ1v) is 8.27. The number of hydrogen-bond acceptors (Lipinski definition) is 5. The maximum absolute atomic E-state index is 11.7. The molecule has 0 bridgehead atoms. The Hall–Kier alpha value is -3.33. The molecule has 1 N–H and O–H groups in total. The molecule has 0 aliphatic rings. The maximum atomic E-state index is 11.7. The summed E-state index contributed by atoms with van der Waals surface area (Å²) in [6, 6.07) is 12.7. The van der Waals surface area contributed by atoms with Gasteiger partial charge in [-0.3, -0.25) is 0 Å². The maximum Gasteiger partial charge on any atom is 0.337 e. The van der Waals surface area contributed by atoms with Crippen LogP contribution in [0.1, 0.15) is 29.8 Å². The van der Waals surface area contributed by atoms with Crippen LogP contribution in [0.5, 0.6) is 5.75 Å². The van der Waals surface area contributed by atoms with Crippen molar-refractivity contribution < 1.29 is 14.3 Å². The van der Waals surface area contributed by atoms with E-state index in [9.17, 15) is 10.1 Å². The molecular weight excluding hydrogens is 330 g/mol. The van der Waals surface area contributed by atoms with Gasteiger partial charge in [-0.05, 0) is 42.3 Å². The second kappa shape index (κ2) is 7.28. The van der Waals surface area contributed by atoms with Gasteiger partial charge in [0.05, 0.1) is 35.9 Å². The Balaban J connectivity index is 1.95. The molecule has 0 unspecified atom stereocenters. The fraction of sp³-hybridized carbons (Fsp3) is 0.250. The average Bonchev–Trinajstić information content (AvgIpc) is 3.08. The van der Waals surface area contributed by atoms with Crippen molar-refractivity contribution in [3.8, 4) is 23.2 Å². The summed E-state index contributed by atoms with van der Waals surface area (Å²) in [6.45, 7) is 4.66. The van der Waals surface area contributed by atoms with Gasteiger partial charge in [-0.15, -0.1) is 0 Å². The quantitative estimate of drug-likeness (QED) is 0.705. The predicted molar refractivity (Wildman–Crippen MR) is 97.9 cm³/mol. The Bertz CT molecular complexity index is 999. The Morgan fingerprint density at radius 1 is 1.27 bits per heavy atom. The molecule has 0 spiro atoms. The van der Waals surface area contributed by atoms with E-state index >= 15 is 0 Å². The van der Waals surface area contributed by atoms with E-state index in [0.29, 0.717) is 35.2 Å². The molecule has 0 aliphatic carbocycles. The van der Waals surface area contributed by atoms with Crippen LogP contribution in [0.15, 0.2) is 36.4 Å². The molecule has 0 saturated carbocycles. The van der Waals surface area contributed by atoms with Crippen molar-refractivity contribution in [2.75, 3.05) is 13.7 Å². The number of nitrogens with zero attached hydrogens (tertiary/aromatic N) is 2. The van der Waals surface area contributed by atoms with Gasteiger partial charge in [0.2, 0.25) is 0 Å². The summed E-state index contributed by atoms with van der Waals surface area (Å²) in [5.41, 5.74) is 3.13. The van der Waals surface area contributed by atoms with Crippen LogP contribution < -0.4 is 4.74 Å². The first-order valence-electron chi connectivity index (χ1n) is 8.27. The van der Waals surface area contributed by atoms with Gasteiger partial charge in [-0.25, -0.2) is 9.78 Å². The number of rotatable bonds is 5. The Morgan fingerprint density at radius 2 is 2.08 bits per heavy atom. The Labute approximate surface area is 151 Å². The molecule has 132 valence electrons. The van der Waals surface area contributed by atoms with Crippen molar-refractivity contribution in [2.24, 2.45) is 5.92 Å². The largest absolute Gasteiger partial charge is 0.492 e. The summed E-state index contributed by atoms with van der Waals surface area (Å²) in [5, 5.41) is 9.41. The number of aromatic nitrogens is 2. The minimum Gasteiger partial charge on any atom is -0.492 e. The second-order valence-corrected chi connectivity index (χ2v) is 6.34. The molecule has 0 atom stereocenters. The number of carbonyl (C=O) groups excluding carboxylic acids is 1. The number of aromatic amines is 1. The van der Waals surface area contributed by atoms with E-state index in [-0.39, 0.29) is 0 Å². The monoisotopic (exact) mass is 349 g/mol. The number of carbonyl (C=O) groups is 1. The van der Waals surface area contributed by atoms with E-state index in [1.54, 1.807) is 30.3 Å². The normalized spacial score (nSPS) is 10.7. The minimum absolute atomic E-state index is 0.376. The number of H-pyrrole nitrogens is 1. The van der Waals surface area contributed by atoms with Crippen LogP contribution in [0, 0.1) is 17.2 Å². The third kappa shape index (κ3) is 3.52. The third-order valence-corrected chi connectivity index (χ3v) is 3.85. The number of nitrogens with one attached hydrogen (secondary N) is 1. The van der Waals surface area contributed by atoms with E-state index in [1.165, 1.54) is 7.11 Å². The molecular formula is C20H19N3O3. The molecule has 2 aromatic carbocycles. The van der Waals surface area contributed by atoms with Crippen LogP contribution in [-0.2, 0) is 4.74 Å². The molecule has 0 aliphatic heterocycles. The Kier molecular flexibility index (Phi) is 4.90. The molecule has 0 amide bonds. The van der Waals surface area contributed by atoms with Crippen LogP contribution in [-0.4, -0.2) is 29.7 Å². The van der Waals surface area contributed by atoms with Crippen molar-refractivity contribution in [1.82, 2.24) is 9.97 Å². The van der Waals surface area contributed by atoms with Gasteiger partial charge in [0.25, 0.3) is 0 Å². The summed E-state index contributed by atoms with van der Waals surface area (Å²) >= 11 is 0. The minimum atomic E-state index is -0.401. The molecule has 6 heteroatoms. The van der Waals surface area contributed by atoms with Gasteiger partial charge in [-0.2, -0.15) is 5.26 Å². The van der Waals surface area contributed by atoms with Crippen LogP contribution in [0.4, 0.5) is 0 Å². The molecule has 26 heavy (non-hydrogen) atoms. The number of imidazole rings is 1. The third-order valence-electron chi connectivity index (χ3n) is 3.85. The molecule has 6 nitrogen and oxygen atoms in total. The lowest BCUT2D eigenvalue weighted by molar-refractivity contribution is 0.0601. The number of nitriles is 1. The summed E-state index contributed by atoms with van der Waals surface area (Å²) in [5.74, 6) is 1.16. The van der Waals surface area contributed by atoms with Crippen LogP contribution >= 0.6 is 0 Å². The zero-order chi connectivity index (χ0) is 18.7. The first kappa shape index (κ1) is 17.5. The molecule has 3 rings (SSSR count). The molecule has 1 aromatic heterocycles. The SMILES string of the molecule is COC(=O)c1ccc2nc(-c3ccc(OCC(C)C)c(C#N)c3)[nH]c2c1. The summed E-state index contributed by atoms with van der Waals surface area (Å²) < 4.78 is 10.4. The highest BCUT2D eigenvalue weighted by atomic mass is 16.5. The van der Waals surface area contributed by atoms with Gasteiger partial charge in [-0.1, -0.05) is 13.8 Å². The van der Waals surface area contributed by atoms with Crippen molar-refractivity contribution >= 4 is 17.0 Å². The van der Waals surface area contributed by atoms with Crippen molar-refractivity contribution in [1.29, 1.82) is 5.26 Å². The van der Waals surface area contributed by atoms with Crippen molar-refractivity contribution in [3.05, 3.63) is 47.5 Å². The summed E-state index contributed by atoms with van der Waals surface area (Å²) in [7, 11) is 1.34. The van der Waals surface area contributed by atoms with E-state index in [0.717, 1.165) is 16.6 Å². The zero-order valence-electron chi connectivity index (χ0n) is 14.9. The second-order valence-electron chi connectivity index (χ2n) is 6.34. The number of ether oxygens (including phenoxy) is 2. The number of fused-ring (bicyclic) bond motifs is 1. The number of methoxy groups -OCH3 is 1. The van der Waals surface area contributed by atoms with E-state index < -0.39 is 5.97 Å². The van der Waals surface area contributed by atoms with Crippen molar-refractivity contribution in [3.63, 3.8) is 0 Å². The lowest BCUT2D eigenvalue weighted by atomic mass is 10.1. The number of esters is 1. The van der Waals surface area contributed by atoms with Gasteiger partial charge in [0, 0.05) is 5.56 Å². The van der Waals surface area contributed by atoms with E-state index in [2.05, 4.69) is 29.9 Å². The predicted octanol–water partition coefficient (Wildman–Crippen LogP) is 3.92. The van der Waals surface area contributed by atoms with Gasteiger partial charge < -0.3 is 14.5 Å². The van der Waals surface area contributed by atoms with Gasteiger partial charge in [0.15, 0.2) is 0 Å². The van der Waals surface area contributed by atoms with Crippen LogP contribution in [0.3, 0.4) is 0 Å². The smallest absolute Gasteiger partial charge is 0.337 e.